The highest BCUT2D eigenvalue weighted by molar-refractivity contribution is 5.94. The van der Waals surface area contributed by atoms with Gasteiger partial charge in [-0.05, 0) is 61.7 Å². The predicted octanol–water partition coefficient (Wildman–Crippen LogP) is 3.26. The zero-order valence-electron chi connectivity index (χ0n) is 14.5. The van der Waals surface area contributed by atoms with Crippen molar-refractivity contribution in [3.8, 4) is 5.75 Å². The molecule has 1 unspecified atom stereocenters. The first-order valence-electron chi connectivity index (χ1n) is 8.61. The fourth-order valence-electron chi connectivity index (χ4n) is 2.45. The Hall–Kier alpha value is -2.89. The maximum absolute atomic E-state index is 12.9. The number of hydrogen-bond acceptors (Lipinski definition) is 3. The van der Waals surface area contributed by atoms with E-state index in [4.69, 9.17) is 4.74 Å². The molecule has 0 radical (unpaired) electrons. The Bertz CT molecular complexity index is 788. The van der Waals surface area contributed by atoms with E-state index in [9.17, 15) is 14.0 Å². The summed E-state index contributed by atoms with van der Waals surface area (Å²) in [5, 5.41) is 5.68. The third-order valence-electron chi connectivity index (χ3n) is 4.11. The molecule has 1 aliphatic carbocycles. The summed E-state index contributed by atoms with van der Waals surface area (Å²) in [6, 6.07) is 12.9. The summed E-state index contributed by atoms with van der Waals surface area (Å²) in [6.07, 6.45) is 1.19. The number of carbonyl (C=O) groups excluding carboxylic acids is 2. The smallest absolute Gasteiger partial charge is 0.261 e. The van der Waals surface area contributed by atoms with Gasteiger partial charge in [0.1, 0.15) is 11.6 Å². The van der Waals surface area contributed by atoms with Gasteiger partial charge in [-0.1, -0.05) is 12.1 Å². The average molecular weight is 356 g/mol. The third kappa shape index (κ3) is 5.05. The summed E-state index contributed by atoms with van der Waals surface area (Å²) in [5.41, 5.74) is 1.60. The molecule has 2 aromatic carbocycles. The molecule has 2 amide bonds. The molecular formula is C20H21FN2O3. The van der Waals surface area contributed by atoms with Crippen LogP contribution in [0.25, 0.3) is 0 Å². The maximum Gasteiger partial charge on any atom is 0.261 e. The number of amides is 2. The van der Waals surface area contributed by atoms with Crippen LogP contribution in [-0.2, 0) is 16.1 Å². The lowest BCUT2D eigenvalue weighted by atomic mass is 10.2. The van der Waals surface area contributed by atoms with Crippen LogP contribution in [0.3, 0.4) is 0 Å². The highest BCUT2D eigenvalue weighted by atomic mass is 19.1. The molecule has 1 aliphatic rings. The van der Waals surface area contributed by atoms with Crippen LogP contribution >= 0.6 is 0 Å². The number of hydrogen-bond donors (Lipinski definition) is 2. The van der Waals surface area contributed by atoms with Crippen molar-refractivity contribution < 1.29 is 18.7 Å². The minimum atomic E-state index is -0.710. The Morgan fingerprint density at radius 3 is 2.62 bits per heavy atom. The molecule has 1 atom stereocenters. The summed E-state index contributed by atoms with van der Waals surface area (Å²) in [7, 11) is 0. The molecule has 26 heavy (non-hydrogen) atoms. The van der Waals surface area contributed by atoms with E-state index in [0.717, 1.165) is 24.1 Å². The molecule has 2 N–H and O–H groups in total. The van der Waals surface area contributed by atoms with Crippen molar-refractivity contribution in [2.24, 2.45) is 5.92 Å². The van der Waals surface area contributed by atoms with Gasteiger partial charge in [0.15, 0.2) is 6.10 Å². The number of nitrogens with one attached hydrogen (secondary N) is 2. The van der Waals surface area contributed by atoms with Gasteiger partial charge >= 0.3 is 0 Å². The van der Waals surface area contributed by atoms with E-state index < -0.39 is 6.10 Å². The first-order valence-corrected chi connectivity index (χ1v) is 8.61. The summed E-state index contributed by atoms with van der Waals surface area (Å²) < 4.78 is 18.4. The minimum Gasteiger partial charge on any atom is -0.481 e. The Kier molecular flexibility index (Phi) is 5.51. The SMILES string of the molecule is CC(Oc1ccc(F)cc1)C(=O)NCc1cccc(NC(=O)C2CC2)c1. The van der Waals surface area contributed by atoms with E-state index in [0.29, 0.717) is 12.3 Å². The number of benzene rings is 2. The van der Waals surface area contributed by atoms with E-state index in [1.165, 1.54) is 24.3 Å². The van der Waals surface area contributed by atoms with Crippen molar-refractivity contribution in [1.29, 1.82) is 0 Å². The Balaban J connectivity index is 1.50. The molecule has 6 heteroatoms. The quantitative estimate of drug-likeness (QED) is 0.800. The molecule has 1 saturated carbocycles. The van der Waals surface area contributed by atoms with Crippen LogP contribution in [-0.4, -0.2) is 17.9 Å². The normalized spacial score (nSPS) is 14.4. The van der Waals surface area contributed by atoms with Crippen LogP contribution < -0.4 is 15.4 Å². The summed E-state index contributed by atoms with van der Waals surface area (Å²) in [5.74, 6) is -0.0148. The fourth-order valence-corrected chi connectivity index (χ4v) is 2.45. The Morgan fingerprint density at radius 2 is 1.92 bits per heavy atom. The van der Waals surface area contributed by atoms with Gasteiger partial charge in [-0.15, -0.1) is 0 Å². The molecule has 3 rings (SSSR count). The van der Waals surface area contributed by atoms with E-state index in [2.05, 4.69) is 10.6 Å². The van der Waals surface area contributed by atoms with Crippen molar-refractivity contribution in [2.75, 3.05) is 5.32 Å². The first-order chi connectivity index (χ1) is 12.5. The number of rotatable bonds is 7. The maximum atomic E-state index is 12.9. The van der Waals surface area contributed by atoms with Crippen molar-refractivity contribution in [2.45, 2.75) is 32.4 Å². The van der Waals surface area contributed by atoms with E-state index in [1.807, 2.05) is 24.3 Å². The van der Waals surface area contributed by atoms with Crippen molar-refractivity contribution in [3.05, 3.63) is 59.9 Å². The summed E-state index contributed by atoms with van der Waals surface area (Å²) in [6.45, 7) is 1.95. The molecule has 0 bridgehead atoms. The molecule has 5 nitrogen and oxygen atoms in total. The van der Waals surface area contributed by atoms with Crippen LogP contribution in [0.1, 0.15) is 25.3 Å². The second kappa shape index (κ2) is 7.99. The van der Waals surface area contributed by atoms with Gasteiger partial charge in [0.2, 0.25) is 5.91 Å². The Labute approximate surface area is 151 Å². The molecule has 2 aromatic rings. The lowest BCUT2D eigenvalue weighted by Crippen LogP contribution is -2.35. The second-order valence-corrected chi connectivity index (χ2v) is 6.40. The Morgan fingerprint density at radius 1 is 1.19 bits per heavy atom. The molecule has 1 fully saturated rings. The van der Waals surface area contributed by atoms with Gasteiger partial charge < -0.3 is 15.4 Å². The summed E-state index contributed by atoms with van der Waals surface area (Å²) in [4.78, 5) is 24.0. The zero-order valence-corrected chi connectivity index (χ0v) is 14.5. The van der Waals surface area contributed by atoms with E-state index >= 15 is 0 Å². The fraction of sp³-hybridized carbons (Fsp3) is 0.300. The minimum absolute atomic E-state index is 0.0486. The molecule has 0 heterocycles. The molecule has 0 spiro atoms. The van der Waals surface area contributed by atoms with E-state index in [-0.39, 0.29) is 23.5 Å². The lowest BCUT2D eigenvalue weighted by Gasteiger charge is -2.15. The zero-order chi connectivity index (χ0) is 18.5. The summed E-state index contributed by atoms with van der Waals surface area (Å²) >= 11 is 0. The number of anilines is 1. The molecule has 0 aliphatic heterocycles. The van der Waals surface area contributed by atoms with Gasteiger partial charge in [-0.2, -0.15) is 0 Å². The predicted molar refractivity (Wildman–Crippen MR) is 96.1 cm³/mol. The van der Waals surface area contributed by atoms with Gasteiger partial charge in [-0.25, -0.2) is 4.39 Å². The number of halogens is 1. The topological polar surface area (TPSA) is 67.4 Å². The van der Waals surface area contributed by atoms with Crippen LogP contribution in [0.2, 0.25) is 0 Å². The van der Waals surface area contributed by atoms with Gasteiger partial charge in [0.05, 0.1) is 0 Å². The highest BCUT2D eigenvalue weighted by Crippen LogP contribution is 2.30. The molecule has 136 valence electrons. The van der Waals surface area contributed by atoms with Gasteiger partial charge in [0.25, 0.3) is 5.91 Å². The first kappa shape index (κ1) is 17.9. The van der Waals surface area contributed by atoms with Crippen molar-refractivity contribution in [3.63, 3.8) is 0 Å². The van der Waals surface area contributed by atoms with Crippen LogP contribution in [0.4, 0.5) is 10.1 Å². The molecule has 0 aromatic heterocycles. The van der Waals surface area contributed by atoms with Gasteiger partial charge in [-0.3, -0.25) is 9.59 Å². The lowest BCUT2D eigenvalue weighted by molar-refractivity contribution is -0.127. The van der Waals surface area contributed by atoms with Crippen LogP contribution in [0.5, 0.6) is 5.75 Å². The van der Waals surface area contributed by atoms with Crippen molar-refractivity contribution >= 4 is 17.5 Å². The largest absolute Gasteiger partial charge is 0.481 e. The van der Waals surface area contributed by atoms with E-state index in [1.54, 1.807) is 6.92 Å². The average Bonchev–Trinajstić information content (AvgIpc) is 3.47. The van der Waals surface area contributed by atoms with Crippen LogP contribution in [0.15, 0.2) is 48.5 Å². The van der Waals surface area contributed by atoms with Gasteiger partial charge in [0, 0.05) is 18.2 Å². The van der Waals surface area contributed by atoms with Crippen molar-refractivity contribution in [1.82, 2.24) is 5.32 Å². The highest BCUT2D eigenvalue weighted by Gasteiger charge is 2.29. The van der Waals surface area contributed by atoms with Crippen LogP contribution in [0, 0.1) is 11.7 Å². The standard InChI is InChI=1S/C20H21FN2O3/c1-13(26-18-9-7-16(21)8-10-18)19(24)22-12-14-3-2-4-17(11-14)23-20(25)15-5-6-15/h2-4,7-11,13,15H,5-6,12H2,1H3,(H,22,24)(H,23,25). The second-order valence-electron chi connectivity index (χ2n) is 6.40. The monoisotopic (exact) mass is 356 g/mol. The molecular weight excluding hydrogens is 335 g/mol. The number of ether oxygens (including phenoxy) is 1. The molecule has 0 saturated heterocycles. The third-order valence-corrected chi connectivity index (χ3v) is 4.11. The number of carbonyl (C=O) groups is 2.